The van der Waals surface area contributed by atoms with Crippen LogP contribution in [0.15, 0.2) is 0 Å². The van der Waals surface area contributed by atoms with E-state index in [0.717, 1.165) is 12.8 Å². The molecule has 0 aromatic heterocycles. The SMILES string of the molecule is CNC(=O)C(NCC1CCC2(CNC2=O)N1)C(C)O. The third-order valence-electron chi connectivity index (χ3n) is 3.98. The molecule has 0 aromatic rings. The van der Waals surface area contributed by atoms with Crippen molar-refractivity contribution in [2.24, 2.45) is 0 Å². The molecule has 2 amide bonds. The first-order chi connectivity index (χ1) is 8.98. The van der Waals surface area contributed by atoms with Gasteiger partial charge in [-0.15, -0.1) is 0 Å². The van der Waals surface area contributed by atoms with Gasteiger partial charge >= 0.3 is 0 Å². The highest BCUT2D eigenvalue weighted by Gasteiger charge is 2.50. The molecule has 2 rings (SSSR count). The van der Waals surface area contributed by atoms with Crippen molar-refractivity contribution in [2.75, 3.05) is 20.1 Å². The van der Waals surface area contributed by atoms with E-state index in [-0.39, 0.29) is 23.4 Å². The minimum absolute atomic E-state index is 0.0633. The Labute approximate surface area is 112 Å². The number of aliphatic hydroxyl groups excluding tert-OH is 1. The second-order valence-corrected chi connectivity index (χ2v) is 5.39. The molecule has 4 atom stereocenters. The fourth-order valence-electron chi connectivity index (χ4n) is 2.71. The van der Waals surface area contributed by atoms with Crippen molar-refractivity contribution in [3.8, 4) is 0 Å². The van der Waals surface area contributed by atoms with Gasteiger partial charge in [-0.1, -0.05) is 0 Å². The lowest BCUT2D eigenvalue weighted by molar-refractivity contribution is -0.134. The largest absolute Gasteiger partial charge is 0.391 e. The Bertz CT molecular complexity index is 374. The van der Waals surface area contributed by atoms with Crippen LogP contribution in [0.2, 0.25) is 0 Å². The number of β-lactam (4-membered cyclic amide) rings is 1. The number of hydrogen-bond acceptors (Lipinski definition) is 5. The fourth-order valence-corrected chi connectivity index (χ4v) is 2.71. The van der Waals surface area contributed by atoms with Crippen LogP contribution in [0.1, 0.15) is 19.8 Å². The minimum Gasteiger partial charge on any atom is -0.391 e. The molecule has 2 heterocycles. The number of rotatable bonds is 5. The van der Waals surface area contributed by atoms with Crippen LogP contribution >= 0.6 is 0 Å². The van der Waals surface area contributed by atoms with Crippen molar-refractivity contribution in [3.63, 3.8) is 0 Å². The van der Waals surface area contributed by atoms with E-state index in [0.29, 0.717) is 13.1 Å². The summed E-state index contributed by atoms with van der Waals surface area (Å²) in [5.41, 5.74) is -0.389. The van der Waals surface area contributed by atoms with Crippen molar-refractivity contribution in [1.82, 2.24) is 21.3 Å². The van der Waals surface area contributed by atoms with Gasteiger partial charge in [-0.05, 0) is 19.8 Å². The quantitative estimate of drug-likeness (QED) is 0.361. The van der Waals surface area contributed by atoms with E-state index >= 15 is 0 Å². The summed E-state index contributed by atoms with van der Waals surface area (Å²) in [5.74, 6) is -0.169. The van der Waals surface area contributed by atoms with Gasteiger partial charge in [0, 0.05) is 26.2 Å². The Morgan fingerprint density at radius 1 is 1.63 bits per heavy atom. The number of aliphatic hydroxyl groups is 1. The van der Waals surface area contributed by atoms with Gasteiger partial charge < -0.3 is 21.1 Å². The maximum Gasteiger partial charge on any atom is 0.242 e. The molecule has 0 aromatic carbocycles. The van der Waals surface area contributed by atoms with Gasteiger partial charge in [0.15, 0.2) is 0 Å². The smallest absolute Gasteiger partial charge is 0.242 e. The Morgan fingerprint density at radius 3 is 2.79 bits per heavy atom. The molecule has 0 radical (unpaired) electrons. The summed E-state index contributed by atoms with van der Waals surface area (Å²) >= 11 is 0. The number of nitrogens with one attached hydrogen (secondary N) is 4. The summed E-state index contributed by atoms with van der Waals surface area (Å²) in [5, 5.41) is 21.2. The monoisotopic (exact) mass is 270 g/mol. The maximum absolute atomic E-state index is 11.6. The summed E-state index contributed by atoms with van der Waals surface area (Å²) < 4.78 is 0. The van der Waals surface area contributed by atoms with Crippen LogP contribution in [0.25, 0.3) is 0 Å². The molecule has 108 valence electrons. The molecule has 2 fully saturated rings. The first-order valence-corrected chi connectivity index (χ1v) is 6.67. The fraction of sp³-hybridized carbons (Fsp3) is 0.833. The van der Waals surface area contributed by atoms with Crippen LogP contribution in [0.4, 0.5) is 0 Å². The number of carbonyl (C=O) groups excluding carboxylic acids is 2. The lowest BCUT2D eigenvalue weighted by Gasteiger charge is -2.38. The van der Waals surface area contributed by atoms with E-state index in [2.05, 4.69) is 21.3 Å². The number of likely N-dealkylation sites (N-methyl/N-ethyl adjacent to an activating group) is 1. The topological polar surface area (TPSA) is 102 Å². The molecule has 7 nitrogen and oxygen atoms in total. The van der Waals surface area contributed by atoms with E-state index in [1.54, 1.807) is 14.0 Å². The van der Waals surface area contributed by atoms with Gasteiger partial charge in [-0.25, -0.2) is 0 Å². The molecule has 2 saturated heterocycles. The highest BCUT2D eigenvalue weighted by atomic mass is 16.3. The first kappa shape index (κ1) is 14.2. The molecular weight excluding hydrogens is 248 g/mol. The first-order valence-electron chi connectivity index (χ1n) is 6.67. The predicted octanol–water partition coefficient (Wildman–Crippen LogP) is -2.31. The predicted molar refractivity (Wildman–Crippen MR) is 69.4 cm³/mol. The van der Waals surface area contributed by atoms with Crippen molar-refractivity contribution in [2.45, 2.75) is 43.5 Å². The normalized spacial score (nSPS) is 32.6. The van der Waals surface area contributed by atoms with Crippen molar-refractivity contribution >= 4 is 11.8 Å². The van der Waals surface area contributed by atoms with Crippen LogP contribution < -0.4 is 21.3 Å². The third-order valence-corrected chi connectivity index (χ3v) is 3.98. The van der Waals surface area contributed by atoms with Gasteiger partial charge in [0.1, 0.15) is 11.6 Å². The van der Waals surface area contributed by atoms with Gasteiger partial charge in [-0.2, -0.15) is 0 Å². The van der Waals surface area contributed by atoms with Gasteiger partial charge in [0.05, 0.1) is 6.10 Å². The summed E-state index contributed by atoms with van der Waals surface area (Å²) in [4.78, 5) is 23.1. The van der Waals surface area contributed by atoms with E-state index in [1.807, 2.05) is 0 Å². The molecule has 7 heteroatoms. The molecular formula is C12H22N4O3. The van der Waals surface area contributed by atoms with Crippen LogP contribution in [0.3, 0.4) is 0 Å². The lowest BCUT2D eigenvalue weighted by atomic mass is 9.90. The Morgan fingerprint density at radius 2 is 2.37 bits per heavy atom. The van der Waals surface area contributed by atoms with E-state index in [9.17, 15) is 14.7 Å². The Balaban J connectivity index is 1.82. The summed E-state index contributed by atoms with van der Waals surface area (Å²) in [6, 6.07) is -0.476. The van der Waals surface area contributed by atoms with Crippen molar-refractivity contribution < 1.29 is 14.7 Å². The average molecular weight is 270 g/mol. The average Bonchev–Trinajstić information content (AvgIpc) is 2.83. The van der Waals surface area contributed by atoms with Gasteiger partial charge in [0.2, 0.25) is 11.8 Å². The standard InChI is InChI=1S/C12H22N4O3/c1-7(17)9(10(18)13-2)14-5-8-3-4-12(16-8)6-15-11(12)19/h7-9,14,16-17H,3-6H2,1-2H3,(H,13,18)(H,15,19). The number of carbonyl (C=O) groups is 2. The zero-order chi connectivity index (χ0) is 14.0. The second kappa shape index (κ2) is 5.44. The lowest BCUT2D eigenvalue weighted by Crippen LogP contribution is -2.71. The highest BCUT2D eigenvalue weighted by Crippen LogP contribution is 2.27. The molecule has 0 aliphatic carbocycles. The van der Waals surface area contributed by atoms with Gasteiger partial charge in [0.25, 0.3) is 0 Å². The summed E-state index contributed by atoms with van der Waals surface area (Å²) in [6.07, 6.45) is 0.952. The van der Waals surface area contributed by atoms with Gasteiger partial charge in [-0.3, -0.25) is 14.9 Å². The van der Waals surface area contributed by atoms with E-state index < -0.39 is 12.1 Å². The number of hydrogen-bond donors (Lipinski definition) is 5. The zero-order valence-electron chi connectivity index (χ0n) is 11.3. The van der Waals surface area contributed by atoms with Crippen LogP contribution in [-0.2, 0) is 9.59 Å². The summed E-state index contributed by atoms with van der Waals surface area (Å²) in [7, 11) is 1.54. The third kappa shape index (κ3) is 2.72. The molecule has 0 bridgehead atoms. The van der Waals surface area contributed by atoms with Crippen LogP contribution in [-0.4, -0.2) is 60.8 Å². The van der Waals surface area contributed by atoms with E-state index in [1.165, 1.54) is 0 Å². The molecule has 2 aliphatic heterocycles. The molecule has 19 heavy (non-hydrogen) atoms. The molecule has 4 unspecified atom stereocenters. The van der Waals surface area contributed by atoms with Crippen LogP contribution in [0, 0.1) is 0 Å². The Kier molecular flexibility index (Phi) is 4.07. The van der Waals surface area contributed by atoms with Crippen LogP contribution in [0.5, 0.6) is 0 Å². The second-order valence-electron chi connectivity index (χ2n) is 5.39. The molecule has 2 aliphatic rings. The summed E-state index contributed by atoms with van der Waals surface area (Å²) in [6.45, 7) is 2.81. The zero-order valence-corrected chi connectivity index (χ0v) is 11.3. The minimum atomic E-state index is -0.762. The number of amides is 2. The molecule has 5 N–H and O–H groups in total. The Hall–Kier alpha value is -1.18. The van der Waals surface area contributed by atoms with Crippen molar-refractivity contribution in [3.05, 3.63) is 0 Å². The maximum atomic E-state index is 11.6. The molecule has 1 spiro atoms. The van der Waals surface area contributed by atoms with E-state index in [4.69, 9.17) is 0 Å². The van der Waals surface area contributed by atoms with Crippen molar-refractivity contribution in [1.29, 1.82) is 0 Å². The molecule has 0 saturated carbocycles. The highest BCUT2D eigenvalue weighted by molar-refractivity contribution is 5.93.